The van der Waals surface area contributed by atoms with Crippen molar-refractivity contribution >= 4 is 17.5 Å². The van der Waals surface area contributed by atoms with Crippen LogP contribution >= 0.6 is 0 Å². The van der Waals surface area contributed by atoms with E-state index in [1.165, 1.54) is 0 Å². The summed E-state index contributed by atoms with van der Waals surface area (Å²) in [5.41, 5.74) is 1.37. The summed E-state index contributed by atoms with van der Waals surface area (Å²) in [6.07, 6.45) is 2.93. The Hall–Kier alpha value is -1.92. The predicted octanol–water partition coefficient (Wildman–Crippen LogP) is 1.83. The third kappa shape index (κ3) is 4.38. The van der Waals surface area contributed by atoms with Crippen LogP contribution in [0.4, 0.5) is 5.69 Å². The van der Waals surface area contributed by atoms with E-state index in [0.29, 0.717) is 24.5 Å². The lowest BCUT2D eigenvalue weighted by atomic mass is 10.0. The number of rotatable bonds is 4. The number of likely N-dealkylation sites (tertiary alicyclic amines) is 1. The Labute approximate surface area is 149 Å². The van der Waals surface area contributed by atoms with Gasteiger partial charge in [0.15, 0.2) is 0 Å². The summed E-state index contributed by atoms with van der Waals surface area (Å²) >= 11 is 0. The summed E-state index contributed by atoms with van der Waals surface area (Å²) in [5, 5.41) is 2.90. The average molecular weight is 345 g/mol. The van der Waals surface area contributed by atoms with E-state index in [-0.39, 0.29) is 23.8 Å². The molecular weight excluding hydrogens is 318 g/mol. The molecule has 0 aromatic heterocycles. The third-order valence-electron chi connectivity index (χ3n) is 5.17. The molecule has 0 saturated carbocycles. The highest BCUT2D eigenvalue weighted by Crippen LogP contribution is 2.19. The van der Waals surface area contributed by atoms with Gasteiger partial charge in [0.05, 0.1) is 12.5 Å². The van der Waals surface area contributed by atoms with Crippen LogP contribution in [-0.4, -0.2) is 68.1 Å². The van der Waals surface area contributed by atoms with Crippen molar-refractivity contribution in [2.24, 2.45) is 5.92 Å². The Bertz CT molecular complexity index is 611. The van der Waals surface area contributed by atoms with Crippen molar-refractivity contribution in [1.82, 2.24) is 9.80 Å². The lowest BCUT2D eigenvalue weighted by Gasteiger charge is -2.35. The zero-order chi connectivity index (χ0) is 17.8. The van der Waals surface area contributed by atoms with Gasteiger partial charge >= 0.3 is 0 Å². The maximum Gasteiger partial charge on any atom is 0.253 e. The molecule has 0 bridgehead atoms. The van der Waals surface area contributed by atoms with Crippen molar-refractivity contribution < 1.29 is 14.3 Å². The molecule has 2 aliphatic heterocycles. The maximum atomic E-state index is 12.7. The number of hydrogen-bond acceptors (Lipinski definition) is 4. The van der Waals surface area contributed by atoms with Gasteiger partial charge < -0.3 is 19.9 Å². The van der Waals surface area contributed by atoms with Crippen LogP contribution in [0.1, 0.15) is 29.6 Å². The van der Waals surface area contributed by atoms with E-state index >= 15 is 0 Å². The van der Waals surface area contributed by atoms with Crippen LogP contribution in [0.3, 0.4) is 0 Å². The Morgan fingerprint density at radius 1 is 1.24 bits per heavy atom. The first-order valence-electron chi connectivity index (χ1n) is 8.99. The number of piperidine rings is 1. The Morgan fingerprint density at radius 3 is 2.64 bits per heavy atom. The average Bonchev–Trinajstić information content (AvgIpc) is 3.16. The number of amides is 2. The molecule has 2 unspecified atom stereocenters. The number of nitrogens with zero attached hydrogens (tertiary/aromatic N) is 2. The third-order valence-corrected chi connectivity index (χ3v) is 5.17. The highest BCUT2D eigenvalue weighted by Gasteiger charge is 2.26. The first kappa shape index (κ1) is 17.9. The molecule has 2 heterocycles. The van der Waals surface area contributed by atoms with E-state index in [0.717, 1.165) is 32.4 Å². The highest BCUT2D eigenvalue weighted by molar-refractivity contribution is 5.96. The Morgan fingerprint density at radius 2 is 2.00 bits per heavy atom. The molecule has 3 rings (SSSR count). The first-order chi connectivity index (χ1) is 12.0. The zero-order valence-corrected chi connectivity index (χ0v) is 15.0. The minimum Gasteiger partial charge on any atom is -0.381 e. The van der Waals surface area contributed by atoms with Crippen LogP contribution in [0.15, 0.2) is 24.3 Å². The van der Waals surface area contributed by atoms with Gasteiger partial charge in [-0.3, -0.25) is 9.59 Å². The van der Waals surface area contributed by atoms with Crippen molar-refractivity contribution in [3.8, 4) is 0 Å². The molecule has 2 atom stereocenters. The lowest BCUT2D eigenvalue weighted by molar-refractivity contribution is -0.119. The van der Waals surface area contributed by atoms with Gasteiger partial charge in [-0.25, -0.2) is 0 Å². The Kier molecular flexibility index (Phi) is 5.71. The largest absolute Gasteiger partial charge is 0.381 e. The standard InChI is InChI=1S/C19H27N3O3/c1-21-10-3-4-17(12-21)22(2)19(24)14-5-7-16(8-6-14)20-18(23)15-9-11-25-13-15/h5-8,15,17H,3-4,9-13H2,1-2H3,(H,20,23). The second-order valence-electron chi connectivity index (χ2n) is 7.10. The summed E-state index contributed by atoms with van der Waals surface area (Å²) in [7, 11) is 3.97. The maximum absolute atomic E-state index is 12.7. The molecule has 1 aromatic rings. The Balaban J connectivity index is 1.59. The molecule has 1 N–H and O–H groups in total. The number of likely N-dealkylation sites (N-methyl/N-ethyl adjacent to an activating group) is 2. The van der Waals surface area contributed by atoms with Crippen molar-refractivity contribution in [2.45, 2.75) is 25.3 Å². The fraction of sp³-hybridized carbons (Fsp3) is 0.579. The SMILES string of the molecule is CN1CCCC(N(C)C(=O)c2ccc(NC(=O)C3CCOC3)cc2)C1. The summed E-state index contributed by atoms with van der Waals surface area (Å²) in [4.78, 5) is 28.9. The smallest absolute Gasteiger partial charge is 0.253 e. The van der Waals surface area contributed by atoms with E-state index in [1.54, 1.807) is 24.3 Å². The lowest BCUT2D eigenvalue weighted by Crippen LogP contribution is -2.47. The molecule has 2 fully saturated rings. The van der Waals surface area contributed by atoms with Crippen molar-refractivity contribution in [1.29, 1.82) is 0 Å². The number of nitrogens with one attached hydrogen (secondary N) is 1. The number of anilines is 1. The molecule has 0 aliphatic carbocycles. The quantitative estimate of drug-likeness (QED) is 0.904. The molecule has 6 heteroatoms. The molecule has 2 saturated heterocycles. The van der Waals surface area contributed by atoms with Crippen LogP contribution in [0.25, 0.3) is 0 Å². The second kappa shape index (κ2) is 7.97. The van der Waals surface area contributed by atoms with Crippen molar-refractivity contribution in [3.05, 3.63) is 29.8 Å². The molecule has 136 valence electrons. The van der Waals surface area contributed by atoms with Gasteiger partial charge in [0, 0.05) is 37.5 Å². The van der Waals surface area contributed by atoms with Crippen LogP contribution < -0.4 is 5.32 Å². The highest BCUT2D eigenvalue weighted by atomic mass is 16.5. The molecule has 2 aliphatic rings. The summed E-state index contributed by atoms with van der Waals surface area (Å²) in [6.45, 7) is 3.15. The molecule has 1 aromatic carbocycles. The number of benzene rings is 1. The molecule has 6 nitrogen and oxygen atoms in total. The zero-order valence-electron chi connectivity index (χ0n) is 15.0. The van der Waals surface area contributed by atoms with Crippen LogP contribution in [-0.2, 0) is 9.53 Å². The normalized spacial score (nSPS) is 24.1. The van der Waals surface area contributed by atoms with Crippen LogP contribution in [0, 0.1) is 5.92 Å². The summed E-state index contributed by atoms with van der Waals surface area (Å²) in [6, 6.07) is 7.41. The fourth-order valence-electron chi connectivity index (χ4n) is 3.51. The van der Waals surface area contributed by atoms with E-state index in [1.807, 2.05) is 11.9 Å². The van der Waals surface area contributed by atoms with Gasteiger partial charge in [-0.15, -0.1) is 0 Å². The molecular formula is C19H27N3O3. The van der Waals surface area contributed by atoms with Gasteiger partial charge in [-0.2, -0.15) is 0 Å². The van der Waals surface area contributed by atoms with Gasteiger partial charge in [0.1, 0.15) is 0 Å². The molecule has 0 spiro atoms. The van der Waals surface area contributed by atoms with Gasteiger partial charge in [-0.1, -0.05) is 0 Å². The predicted molar refractivity (Wildman–Crippen MR) is 96.6 cm³/mol. The number of ether oxygens (including phenoxy) is 1. The fourth-order valence-corrected chi connectivity index (χ4v) is 3.51. The minimum atomic E-state index is -0.0734. The molecule has 25 heavy (non-hydrogen) atoms. The van der Waals surface area contributed by atoms with E-state index < -0.39 is 0 Å². The summed E-state index contributed by atoms with van der Waals surface area (Å²) < 4.78 is 5.24. The van der Waals surface area contributed by atoms with Gasteiger partial charge in [-0.05, 0) is 57.1 Å². The molecule has 2 amide bonds. The number of carbonyl (C=O) groups excluding carboxylic acids is 2. The van der Waals surface area contributed by atoms with E-state index in [9.17, 15) is 9.59 Å². The van der Waals surface area contributed by atoms with Crippen LogP contribution in [0.5, 0.6) is 0 Å². The second-order valence-corrected chi connectivity index (χ2v) is 7.10. The number of carbonyl (C=O) groups is 2. The van der Waals surface area contributed by atoms with Crippen molar-refractivity contribution in [2.75, 3.05) is 45.7 Å². The number of hydrogen-bond donors (Lipinski definition) is 1. The molecule has 0 radical (unpaired) electrons. The van der Waals surface area contributed by atoms with Gasteiger partial charge in [0.2, 0.25) is 5.91 Å². The monoisotopic (exact) mass is 345 g/mol. The van der Waals surface area contributed by atoms with Crippen molar-refractivity contribution in [3.63, 3.8) is 0 Å². The first-order valence-corrected chi connectivity index (χ1v) is 8.99. The van der Waals surface area contributed by atoms with E-state index in [2.05, 4.69) is 17.3 Å². The van der Waals surface area contributed by atoms with Crippen LogP contribution in [0.2, 0.25) is 0 Å². The van der Waals surface area contributed by atoms with Gasteiger partial charge in [0.25, 0.3) is 5.91 Å². The minimum absolute atomic E-state index is 0.0149. The van der Waals surface area contributed by atoms with E-state index in [4.69, 9.17) is 4.74 Å². The topological polar surface area (TPSA) is 61.9 Å². The summed E-state index contributed by atoms with van der Waals surface area (Å²) in [5.74, 6) is -0.0583.